The van der Waals surface area contributed by atoms with Crippen LogP contribution in [0.5, 0.6) is 17.2 Å². The first-order chi connectivity index (χ1) is 14.8. The van der Waals surface area contributed by atoms with Gasteiger partial charge in [-0.3, -0.25) is 4.99 Å². The number of aliphatic imine (C=N–C) groups is 1. The van der Waals surface area contributed by atoms with E-state index in [0.717, 1.165) is 19.4 Å². The Morgan fingerprint density at radius 1 is 1.16 bits per heavy atom. The summed E-state index contributed by atoms with van der Waals surface area (Å²) in [5.74, 6) is -1.96. The number of hydrogen-bond acceptors (Lipinski definition) is 8. The van der Waals surface area contributed by atoms with E-state index in [1.807, 2.05) is 0 Å². The van der Waals surface area contributed by atoms with Crippen molar-refractivity contribution in [1.82, 2.24) is 14.9 Å². The second-order valence-corrected chi connectivity index (χ2v) is 7.89. The van der Waals surface area contributed by atoms with E-state index in [1.165, 1.54) is 31.7 Å². The van der Waals surface area contributed by atoms with Crippen molar-refractivity contribution in [2.45, 2.75) is 32.2 Å². The normalized spacial score (nSPS) is 17.3. The van der Waals surface area contributed by atoms with E-state index < -0.39 is 5.97 Å². The van der Waals surface area contributed by atoms with Gasteiger partial charge in [0.15, 0.2) is 0 Å². The number of aromatic nitrogens is 2. The maximum atomic E-state index is 11.6. The first kappa shape index (κ1) is 20.8. The molecule has 3 aromatic rings. The third kappa shape index (κ3) is 3.61. The van der Waals surface area contributed by atoms with Gasteiger partial charge in [0.25, 0.3) is 0 Å². The number of nitrogens with zero attached hydrogens (tertiary/aromatic N) is 4. The van der Waals surface area contributed by atoms with E-state index in [4.69, 9.17) is 0 Å². The molecule has 1 unspecified atom stereocenters. The zero-order valence-electron chi connectivity index (χ0n) is 17.3. The number of carboxylic acid groups (broad SMARTS) is 1. The average molecular weight is 424 g/mol. The Bertz CT molecular complexity index is 1220. The number of hydrogen-bond donors (Lipinski definition) is 4. The van der Waals surface area contributed by atoms with Gasteiger partial charge in [0.2, 0.25) is 0 Å². The Morgan fingerprint density at radius 2 is 1.90 bits per heavy atom. The monoisotopic (exact) mass is 424 g/mol. The summed E-state index contributed by atoms with van der Waals surface area (Å²) in [5, 5.41) is 40.8. The van der Waals surface area contributed by atoms with Crippen LogP contribution >= 0.6 is 0 Å². The van der Waals surface area contributed by atoms with Gasteiger partial charge in [-0.15, -0.1) is 0 Å². The van der Waals surface area contributed by atoms with E-state index in [0.29, 0.717) is 12.6 Å². The van der Waals surface area contributed by atoms with Crippen molar-refractivity contribution in [2.75, 3.05) is 20.1 Å². The summed E-state index contributed by atoms with van der Waals surface area (Å²) in [6.45, 7) is 3.17. The Hall–Kier alpha value is -3.46. The molecule has 0 aliphatic carbocycles. The predicted molar refractivity (Wildman–Crippen MR) is 116 cm³/mol. The van der Waals surface area contributed by atoms with Crippen LogP contribution in [-0.4, -0.2) is 73.7 Å². The highest BCUT2D eigenvalue weighted by molar-refractivity contribution is 6.08. The van der Waals surface area contributed by atoms with Gasteiger partial charge in [0, 0.05) is 24.4 Å². The van der Waals surface area contributed by atoms with Crippen molar-refractivity contribution in [3.8, 4) is 17.2 Å². The lowest BCUT2D eigenvalue weighted by molar-refractivity contribution is 0.0699. The summed E-state index contributed by atoms with van der Waals surface area (Å²) in [7, 11) is 2.10. The van der Waals surface area contributed by atoms with Gasteiger partial charge in [-0.25, -0.2) is 14.8 Å². The SMILES string of the molecule is Cc1c(O)c(C=NCCC2CCCN2C)c2nc3c(O)ccc(C(=O)O)c3nc2c1O. The number of aromatic hydroxyl groups is 3. The molecule has 0 amide bonds. The number of aromatic carboxylic acids is 1. The number of phenolic OH excluding ortho intramolecular Hbond substituents is 3. The van der Waals surface area contributed by atoms with Crippen molar-refractivity contribution in [3.63, 3.8) is 0 Å². The smallest absolute Gasteiger partial charge is 0.337 e. The quantitative estimate of drug-likeness (QED) is 0.362. The number of fused-ring (bicyclic) bond motifs is 2. The third-order valence-corrected chi connectivity index (χ3v) is 5.96. The molecule has 9 heteroatoms. The number of rotatable bonds is 5. The van der Waals surface area contributed by atoms with E-state index in [1.54, 1.807) is 0 Å². The molecule has 4 rings (SSSR count). The number of carbonyl (C=O) groups is 1. The summed E-state index contributed by atoms with van der Waals surface area (Å²) in [6.07, 6.45) is 4.71. The van der Waals surface area contributed by atoms with Gasteiger partial charge in [-0.1, -0.05) is 0 Å². The second kappa shape index (κ2) is 7.99. The van der Waals surface area contributed by atoms with Crippen molar-refractivity contribution in [2.24, 2.45) is 4.99 Å². The lowest BCUT2D eigenvalue weighted by Gasteiger charge is -2.17. The minimum atomic E-state index is -1.23. The first-order valence-corrected chi connectivity index (χ1v) is 10.1. The molecule has 1 atom stereocenters. The van der Waals surface area contributed by atoms with Gasteiger partial charge in [0.05, 0.1) is 11.1 Å². The molecule has 2 aromatic carbocycles. The molecule has 1 saturated heterocycles. The fourth-order valence-corrected chi connectivity index (χ4v) is 4.10. The summed E-state index contributed by atoms with van der Waals surface area (Å²) in [6, 6.07) is 2.94. The molecule has 31 heavy (non-hydrogen) atoms. The molecule has 1 aliphatic rings. The van der Waals surface area contributed by atoms with Gasteiger partial charge in [0.1, 0.15) is 39.3 Å². The van der Waals surface area contributed by atoms with Crippen LogP contribution < -0.4 is 0 Å². The minimum Gasteiger partial charge on any atom is -0.507 e. The maximum absolute atomic E-state index is 11.6. The zero-order valence-corrected chi connectivity index (χ0v) is 17.3. The zero-order chi connectivity index (χ0) is 22.3. The highest BCUT2D eigenvalue weighted by atomic mass is 16.4. The van der Waals surface area contributed by atoms with E-state index in [-0.39, 0.29) is 56.0 Å². The van der Waals surface area contributed by atoms with Crippen LogP contribution in [-0.2, 0) is 0 Å². The highest BCUT2D eigenvalue weighted by Gasteiger charge is 2.22. The molecule has 0 spiro atoms. The molecular formula is C22H24N4O5. The fraction of sp³-hybridized carbons (Fsp3) is 0.364. The van der Waals surface area contributed by atoms with Crippen molar-refractivity contribution in [3.05, 3.63) is 28.8 Å². The summed E-state index contributed by atoms with van der Waals surface area (Å²) in [4.78, 5) is 27.0. The maximum Gasteiger partial charge on any atom is 0.337 e. The van der Waals surface area contributed by atoms with E-state index in [2.05, 4.69) is 26.9 Å². The number of phenols is 3. The van der Waals surface area contributed by atoms with Gasteiger partial charge in [-0.2, -0.15) is 0 Å². The molecule has 1 aliphatic heterocycles. The van der Waals surface area contributed by atoms with Crippen molar-refractivity contribution in [1.29, 1.82) is 0 Å². The molecule has 4 N–H and O–H groups in total. The minimum absolute atomic E-state index is 0.0303. The Kier molecular flexibility index (Phi) is 5.36. The predicted octanol–water partition coefficient (Wildman–Crippen LogP) is 2.81. The van der Waals surface area contributed by atoms with Gasteiger partial charge >= 0.3 is 5.97 Å². The lowest BCUT2D eigenvalue weighted by Crippen LogP contribution is -2.25. The number of likely N-dealkylation sites (tertiary alicyclic amines) is 1. The average Bonchev–Trinajstić information content (AvgIpc) is 3.15. The molecule has 2 heterocycles. The second-order valence-electron chi connectivity index (χ2n) is 7.89. The highest BCUT2D eigenvalue weighted by Crippen LogP contribution is 2.38. The molecule has 0 bridgehead atoms. The van der Waals surface area contributed by atoms with Gasteiger partial charge < -0.3 is 25.3 Å². The van der Waals surface area contributed by atoms with Crippen LogP contribution in [0.25, 0.3) is 22.1 Å². The summed E-state index contributed by atoms with van der Waals surface area (Å²) < 4.78 is 0. The number of carboxylic acids is 1. The standard InChI is InChI=1S/C22H24N4O5/c1-11-20(28)14(10-23-8-7-12-4-3-9-26(12)2)17-19(21(11)29)25-16-13(22(30)31)5-6-15(27)18(16)24-17/h5-6,10,12,27-29H,3-4,7-9H2,1-2H3,(H,30,31). The Labute approximate surface area is 178 Å². The molecular weight excluding hydrogens is 400 g/mol. The summed E-state index contributed by atoms with van der Waals surface area (Å²) in [5.41, 5.74) is 0.392. The molecule has 162 valence electrons. The van der Waals surface area contributed by atoms with Crippen LogP contribution in [0.2, 0.25) is 0 Å². The molecule has 0 radical (unpaired) electrons. The third-order valence-electron chi connectivity index (χ3n) is 5.96. The molecule has 9 nitrogen and oxygen atoms in total. The first-order valence-electron chi connectivity index (χ1n) is 10.1. The van der Waals surface area contributed by atoms with Crippen LogP contribution in [0, 0.1) is 6.92 Å². The molecule has 1 aromatic heterocycles. The Balaban J connectivity index is 1.82. The van der Waals surface area contributed by atoms with E-state index >= 15 is 0 Å². The number of benzene rings is 2. The van der Waals surface area contributed by atoms with Crippen molar-refractivity contribution >= 4 is 34.3 Å². The van der Waals surface area contributed by atoms with Crippen LogP contribution in [0.3, 0.4) is 0 Å². The fourth-order valence-electron chi connectivity index (χ4n) is 4.10. The van der Waals surface area contributed by atoms with Gasteiger partial charge in [-0.05, 0) is 51.9 Å². The van der Waals surface area contributed by atoms with Crippen LogP contribution in [0.4, 0.5) is 0 Å². The summed E-state index contributed by atoms with van der Waals surface area (Å²) >= 11 is 0. The Morgan fingerprint density at radius 3 is 2.58 bits per heavy atom. The van der Waals surface area contributed by atoms with E-state index in [9.17, 15) is 25.2 Å². The lowest BCUT2D eigenvalue weighted by atomic mass is 10.0. The largest absolute Gasteiger partial charge is 0.507 e. The van der Waals surface area contributed by atoms with Crippen LogP contribution in [0.1, 0.15) is 40.7 Å². The molecule has 0 saturated carbocycles. The molecule has 1 fully saturated rings. The topological polar surface area (TPSA) is 139 Å². The van der Waals surface area contributed by atoms with Crippen molar-refractivity contribution < 1.29 is 25.2 Å². The van der Waals surface area contributed by atoms with Crippen LogP contribution in [0.15, 0.2) is 17.1 Å².